The van der Waals surface area contributed by atoms with Gasteiger partial charge in [-0.3, -0.25) is 14.2 Å². The molecule has 0 amide bonds. The highest BCUT2D eigenvalue weighted by Gasteiger charge is 2.16. The first kappa shape index (κ1) is 20.8. The van der Waals surface area contributed by atoms with Gasteiger partial charge in [0.15, 0.2) is 23.0 Å². The maximum absolute atomic E-state index is 14.7. The number of pyridine rings is 3. The molecule has 5 aromatic heterocycles. The number of halogens is 1. The van der Waals surface area contributed by atoms with Crippen molar-refractivity contribution in [1.29, 1.82) is 0 Å². The number of aromatic nitrogens is 6. The van der Waals surface area contributed by atoms with Gasteiger partial charge < -0.3 is 18.6 Å². The second kappa shape index (κ2) is 8.43. The number of methoxy groups -OCH3 is 1. The van der Waals surface area contributed by atoms with Gasteiger partial charge in [-0.1, -0.05) is 5.16 Å². The van der Waals surface area contributed by atoms with Crippen LogP contribution in [0.25, 0.3) is 27.9 Å². The maximum atomic E-state index is 14.7. The molecular formula is C22H19FN6O4. The highest BCUT2D eigenvalue weighted by Crippen LogP contribution is 2.23. The van der Waals surface area contributed by atoms with Gasteiger partial charge in [0.1, 0.15) is 12.4 Å². The van der Waals surface area contributed by atoms with E-state index in [1.807, 2.05) is 0 Å². The van der Waals surface area contributed by atoms with Gasteiger partial charge >= 0.3 is 0 Å². The number of fused-ring (bicyclic) bond motifs is 2. The van der Waals surface area contributed by atoms with Crippen LogP contribution in [0.1, 0.15) is 11.5 Å². The zero-order chi connectivity index (χ0) is 22.9. The quantitative estimate of drug-likeness (QED) is 0.348. The molecule has 0 aliphatic heterocycles. The lowest BCUT2D eigenvalue weighted by atomic mass is 10.2. The van der Waals surface area contributed by atoms with Crippen molar-refractivity contribution >= 4 is 16.6 Å². The van der Waals surface area contributed by atoms with Crippen molar-refractivity contribution in [2.45, 2.75) is 13.5 Å². The molecule has 0 aliphatic carbocycles. The largest absolute Gasteiger partial charge is 0.490 e. The van der Waals surface area contributed by atoms with E-state index in [9.17, 15) is 9.18 Å². The van der Waals surface area contributed by atoms with E-state index in [2.05, 4.69) is 20.3 Å². The third kappa shape index (κ3) is 3.94. The van der Waals surface area contributed by atoms with E-state index in [1.165, 1.54) is 15.0 Å². The van der Waals surface area contributed by atoms with E-state index in [4.69, 9.17) is 14.0 Å². The Balaban J connectivity index is 1.52. The molecule has 11 heteroatoms. The van der Waals surface area contributed by atoms with Gasteiger partial charge in [0.25, 0.3) is 5.56 Å². The van der Waals surface area contributed by atoms with Crippen molar-refractivity contribution < 1.29 is 18.4 Å². The molecule has 0 spiro atoms. The van der Waals surface area contributed by atoms with Crippen LogP contribution in [0.4, 0.5) is 4.39 Å². The fourth-order valence-electron chi connectivity index (χ4n) is 3.48. The van der Waals surface area contributed by atoms with Gasteiger partial charge in [0, 0.05) is 31.1 Å². The van der Waals surface area contributed by atoms with E-state index in [0.717, 1.165) is 0 Å². The van der Waals surface area contributed by atoms with Crippen LogP contribution in [0.5, 0.6) is 5.75 Å². The van der Waals surface area contributed by atoms with E-state index >= 15 is 0 Å². The predicted octanol–water partition coefficient (Wildman–Crippen LogP) is 2.62. The Labute approximate surface area is 186 Å². The maximum Gasteiger partial charge on any atom is 0.260 e. The van der Waals surface area contributed by atoms with E-state index in [-0.39, 0.29) is 17.8 Å². The molecule has 10 nitrogen and oxygen atoms in total. The zero-order valence-corrected chi connectivity index (χ0v) is 17.9. The fraction of sp³-hybridized carbons (Fsp3) is 0.227. The molecule has 33 heavy (non-hydrogen) atoms. The molecule has 5 aromatic rings. The topological polar surface area (TPSA) is 110 Å². The summed E-state index contributed by atoms with van der Waals surface area (Å²) in [6.07, 6.45) is 4.83. The molecule has 168 valence electrons. The van der Waals surface area contributed by atoms with E-state index in [1.54, 1.807) is 50.8 Å². The number of nitrogens with zero attached hydrogens (tertiary/aromatic N) is 6. The summed E-state index contributed by atoms with van der Waals surface area (Å²) in [4.78, 5) is 17.4. The van der Waals surface area contributed by atoms with Crippen LogP contribution >= 0.6 is 0 Å². The van der Waals surface area contributed by atoms with Crippen LogP contribution in [-0.4, -0.2) is 49.6 Å². The molecule has 0 atom stereocenters. The SMILES string of the molecule is COCCOc1cnc2ccn(Cc3nnc4c(F)cc(-c5cc(C)no5)cn34)c(=O)c2c1. The highest BCUT2D eigenvalue weighted by molar-refractivity contribution is 5.78. The summed E-state index contributed by atoms with van der Waals surface area (Å²) < 4.78 is 33.4. The molecule has 0 fully saturated rings. The monoisotopic (exact) mass is 450 g/mol. The van der Waals surface area contributed by atoms with Gasteiger partial charge in [0.05, 0.1) is 35.9 Å². The van der Waals surface area contributed by atoms with Crippen LogP contribution in [-0.2, 0) is 11.3 Å². The minimum Gasteiger partial charge on any atom is -0.490 e. The number of ether oxygens (including phenoxy) is 2. The van der Waals surface area contributed by atoms with Gasteiger partial charge in [-0.05, 0) is 25.1 Å². The Hall–Kier alpha value is -4.12. The van der Waals surface area contributed by atoms with Crippen LogP contribution in [0.2, 0.25) is 0 Å². The normalized spacial score (nSPS) is 11.5. The second-order valence-corrected chi connectivity index (χ2v) is 7.41. The third-order valence-corrected chi connectivity index (χ3v) is 5.11. The molecule has 5 heterocycles. The van der Waals surface area contributed by atoms with Crippen LogP contribution in [0.3, 0.4) is 0 Å². The molecule has 0 N–H and O–H groups in total. The number of hydrogen-bond acceptors (Lipinski definition) is 8. The van der Waals surface area contributed by atoms with Crippen molar-refractivity contribution in [1.82, 2.24) is 29.3 Å². The van der Waals surface area contributed by atoms with Crippen molar-refractivity contribution in [3.05, 3.63) is 70.5 Å². The number of aryl methyl sites for hydroxylation is 1. The summed E-state index contributed by atoms with van der Waals surface area (Å²) in [7, 11) is 1.58. The molecule has 5 rings (SSSR count). The number of rotatable bonds is 7. The minimum absolute atomic E-state index is 0.0503. The highest BCUT2D eigenvalue weighted by atomic mass is 19.1. The molecular weight excluding hydrogens is 431 g/mol. The Bertz CT molecular complexity index is 1520. The van der Waals surface area contributed by atoms with Crippen molar-refractivity contribution in [3.63, 3.8) is 0 Å². The molecule has 0 unspecified atom stereocenters. The Morgan fingerprint density at radius 2 is 2.06 bits per heavy atom. The van der Waals surface area contributed by atoms with Crippen LogP contribution < -0.4 is 10.3 Å². The van der Waals surface area contributed by atoms with Crippen molar-refractivity contribution in [2.75, 3.05) is 20.3 Å². The molecule has 0 aliphatic rings. The van der Waals surface area contributed by atoms with Crippen molar-refractivity contribution in [2.24, 2.45) is 0 Å². The second-order valence-electron chi connectivity index (χ2n) is 7.41. The average molecular weight is 450 g/mol. The first-order chi connectivity index (χ1) is 16.0. The third-order valence-electron chi connectivity index (χ3n) is 5.11. The first-order valence-electron chi connectivity index (χ1n) is 10.1. The van der Waals surface area contributed by atoms with Gasteiger partial charge in [0.2, 0.25) is 0 Å². The lowest BCUT2D eigenvalue weighted by molar-refractivity contribution is 0.146. The zero-order valence-electron chi connectivity index (χ0n) is 17.9. The molecule has 0 bridgehead atoms. The summed E-state index contributed by atoms with van der Waals surface area (Å²) in [6, 6.07) is 6.38. The molecule has 0 radical (unpaired) electrons. The molecule has 0 saturated heterocycles. The molecule has 0 aromatic carbocycles. The van der Waals surface area contributed by atoms with Gasteiger partial charge in [-0.15, -0.1) is 10.2 Å². The molecule has 0 saturated carbocycles. The summed E-state index contributed by atoms with van der Waals surface area (Å²) in [6.45, 7) is 2.61. The summed E-state index contributed by atoms with van der Waals surface area (Å²) in [5, 5.41) is 12.3. The Morgan fingerprint density at radius 3 is 2.85 bits per heavy atom. The first-order valence-corrected chi connectivity index (χ1v) is 10.1. The number of hydrogen-bond donors (Lipinski definition) is 0. The Kier molecular flexibility index (Phi) is 5.31. The summed E-state index contributed by atoms with van der Waals surface area (Å²) in [5.74, 6) is 0.705. The van der Waals surface area contributed by atoms with E-state index < -0.39 is 5.82 Å². The van der Waals surface area contributed by atoms with Gasteiger partial charge in [-0.2, -0.15) is 0 Å². The fourth-order valence-corrected chi connectivity index (χ4v) is 3.48. The smallest absolute Gasteiger partial charge is 0.260 e. The minimum atomic E-state index is -0.562. The van der Waals surface area contributed by atoms with E-state index in [0.29, 0.717) is 52.7 Å². The standard InChI is InChI=1S/C22H19FN6O4/c1-13-7-19(33-27-13)14-8-17(23)21-26-25-20(29(21)11-14)12-28-4-3-18-16(22(28)30)9-15(10-24-18)32-6-5-31-2/h3-4,7-11H,5-6,12H2,1-2H3. The lowest BCUT2D eigenvalue weighted by Gasteiger charge is -2.09. The average Bonchev–Trinajstić information content (AvgIpc) is 3.43. The summed E-state index contributed by atoms with van der Waals surface area (Å²) >= 11 is 0. The lowest BCUT2D eigenvalue weighted by Crippen LogP contribution is -2.21. The Morgan fingerprint density at radius 1 is 1.18 bits per heavy atom. The predicted molar refractivity (Wildman–Crippen MR) is 116 cm³/mol. The van der Waals surface area contributed by atoms with Crippen LogP contribution in [0, 0.1) is 12.7 Å². The van der Waals surface area contributed by atoms with Gasteiger partial charge in [-0.25, -0.2) is 4.39 Å². The van der Waals surface area contributed by atoms with Crippen molar-refractivity contribution in [3.8, 4) is 17.1 Å². The summed E-state index contributed by atoms with van der Waals surface area (Å²) in [5.41, 5.74) is 1.46. The van der Waals surface area contributed by atoms with Crippen LogP contribution in [0.15, 0.2) is 52.2 Å².